The summed E-state index contributed by atoms with van der Waals surface area (Å²) in [5, 5.41) is 2.99. The molecule has 1 aromatic carbocycles. The second-order valence-corrected chi connectivity index (χ2v) is 6.27. The van der Waals surface area contributed by atoms with Crippen molar-refractivity contribution in [1.29, 1.82) is 0 Å². The summed E-state index contributed by atoms with van der Waals surface area (Å²) in [6.07, 6.45) is 6.63. The number of aryl methyl sites for hydroxylation is 1. The molecule has 3 N–H and O–H groups in total. The highest BCUT2D eigenvalue weighted by Gasteiger charge is 2.34. The topological polar surface area (TPSA) is 73.6 Å². The molecule has 1 saturated carbocycles. The van der Waals surface area contributed by atoms with Crippen LogP contribution in [0.25, 0.3) is 0 Å². The van der Waals surface area contributed by atoms with Gasteiger partial charge in [0.1, 0.15) is 0 Å². The van der Waals surface area contributed by atoms with E-state index in [0.717, 1.165) is 55.6 Å². The van der Waals surface area contributed by atoms with E-state index in [1.54, 1.807) is 14.2 Å². The van der Waals surface area contributed by atoms with Crippen molar-refractivity contribution in [3.63, 3.8) is 0 Å². The minimum absolute atomic E-state index is 0.00418. The first kappa shape index (κ1) is 17.6. The van der Waals surface area contributed by atoms with Crippen LogP contribution in [-0.2, 0) is 11.2 Å². The average molecular weight is 320 g/mol. The van der Waals surface area contributed by atoms with Gasteiger partial charge in [-0.25, -0.2) is 0 Å². The van der Waals surface area contributed by atoms with E-state index in [-0.39, 0.29) is 5.91 Å². The Morgan fingerprint density at radius 1 is 1.17 bits per heavy atom. The van der Waals surface area contributed by atoms with Crippen LogP contribution in [0.5, 0.6) is 11.5 Å². The lowest BCUT2D eigenvalue weighted by atomic mass is 9.82. The van der Waals surface area contributed by atoms with Crippen LogP contribution in [0, 0.1) is 0 Å². The van der Waals surface area contributed by atoms with E-state index in [9.17, 15) is 4.79 Å². The molecule has 1 aliphatic rings. The van der Waals surface area contributed by atoms with Crippen molar-refractivity contribution < 1.29 is 14.3 Å². The monoisotopic (exact) mass is 320 g/mol. The van der Waals surface area contributed by atoms with Gasteiger partial charge in [-0.15, -0.1) is 0 Å². The highest BCUT2D eigenvalue weighted by Crippen LogP contribution is 2.28. The third-order valence-corrected chi connectivity index (χ3v) is 4.57. The van der Waals surface area contributed by atoms with Gasteiger partial charge >= 0.3 is 0 Å². The van der Waals surface area contributed by atoms with Gasteiger partial charge in [0, 0.05) is 6.54 Å². The Labute approximate surface area is 138 Å². The predicted octanol–water partition coefficient (Wildman–Crippen LogP) is 2.41. The van der Waals surface area contributed by atoms with Crippen molar-refractivity contribution >= 4 is 5.91 Å². The van der Waals surface area contributed by atoms with Crippen LogP contribution in [0.3, 0.4) is 0 Å². The Morgan fingerprint density at radius 3 is 2.52 bits per heavy atom. The maximum Gasteiger partial charge on any atom is 0.240 e. The Hall–Kier alpha value is -1.75. The largest absolute Gasteiger partial charge is 0.493 e. The quantitative estimate of drug-likeness (QED) is 0.757. The van der Waals surface area contributed by atoms with Crippen molar-refractivity contribution in [2.75, 3.05) is 20.8 Å². The molecule has 5 nitrogen and oxygen atoms in total. The molecule has 0 bridgehead atoms. The van der Waals surface area contributed by atoms with Gasteiger partial charge in [0.05, 0.1) is 19.8 Å². The van der Waals surface area contributed by atoms with E-state index in [4.69, 9.17) is 15.2 Å². The predicted molar refractivity (Wildman–Crippen MR) is 90.9 cm³/mol. The summed E-state index contributed by atoms with van der Waals surface area (Å²) in [4.78, 5) is 12.2. The Bertz CT molecular complexity index is 525. The minimum atomic E-state index is -0.651. The van der Waals surface area contributed by atoms with Gasteiger partial charge in [-0.2, -0.15) is 0 Å². The zero-order chi connectivity index (χ0) is 16.7. The molecule has 1 aliphatic carbocycles. The standard InChI is InChI=1S/C18H28N2O3/c1-22-15-9-8-14(13-16(15)23-2)7-6-12-20-17(21)18(19)10-4-3-5-11-18/h8-9,13H,3-7,10-12,19H2,1-2H3,(H,20,21). The van der Waals surface area contributed by atoms with Crippen LogP contribution in [0.15, 0.2) is 18.2 Å². The lowest BCUT2D eigenvalue weighted by molar-refractivity contribution is -0.127. The van der Waals surface area contributed by atoms with Crippen molar-refractivity contribution in [2.24, 2.45) is 5.73 Å². The van der Waals surface area contributed by atoms with Crippen LogP contribution in [0.4, 0.5) is 0 Å². The van der Waals surface area contributed by atoms with Crippen molar-refractivity contribution in [2.45, 2.75) is 50.5 Å². The van der Waals surface area contributed by atoms with Gasteiger partial charge in [-0.05, 0) is 43.4 Å². The number of methoxy groups -OCH3 is 2. The molecule has 23 heavy (non-hydrogen) atoms. The van der Waals surface area contributed by atoms with Crippen molar-refractivity contribution in [3.05, 3.63) is 23.8 Å². The summed E-state index contributed by atoms with van der Waals surface area (Å²) in [7, 11) is 3.26. The second kappa shape index (κ2) is 8.20. The lowest BCUT2D eigenvalue weighted by Crippen LogP contribution is -2.55. The van der Waals surface area contributed by atoms with Gasteiger partial charge in [-0.1, -0.05) is 25.3 Å². The zero-order valence-electron chi connectivity index (χ0n) is 14.2. The number of rotatable bonds is 7. The first-order valence-electron chi connectivity index (χ1n) is 8.37. The SMILES string of the molecule is COc1ccc(CCCNC(=O)C2(N)CCCCC2)cc1OC. The number of amides is 1. The maximum absolute atomic E-state index is 12.2. The van der Waals surface area contributed by atoms with Gasteiger partial charge < -0.3 is 20.5 Å². The molecule has 5 heteroatoms. The van der Waals surface area contributed by atoms with E-state index in [0.29, 0.717) is 6.54 Å². The van der Waals surface area contributed by atoms with Gasteiger partial charge in [-0.3, -0.25) is 4.79 Å². The number of hydrogen-bond donors (Lipinski definition) is 2. The van der Waals surface area contributed by atoms with E-state index >= 15 is 0 Å². The number of hydrogen-bond acceptors (Lipinski definition) is 4. The fraction of sp³-hybridized carbons (Fsp3) is 0.611. The van der Waals surface area contributed by atoms with Crippen LogP contribution in [-0.4, -0.2) is 32.2 Å². The number of benzene rings is 1. The first-order valence-corrected chi connectivity index (χ1v) is 8.37. The van der Waals surface area contributed by atoms with Gasteiger partial charge in [0.2, 0.25) is 5.91 Å². The summed E-state index contributed by atoms with van der Waals surface area (Å²) in [5.74, 6) is 1.47. The number of nitrogens with two attached hydrogens (primary N) is 1. The first-order chi connectivity index (χ1) is 11.1. The second-order valence-electron chi connectivity index (χ2n) is 6.27. The Balaban J connectivity index is 1.78. The van der Waals surface area contributed by atoms with Crippen molar-refractivity contribution in [1.82, 2.24) is 5.32 Å². The number of carbonyl (C=O) groups is 1. The molecule has 0 unspecified atom stereocenters. The molecule has 1 fully saturated rings. The highest BCUT2D eigenvalue weighted by molar-refractivity contribution is 5.86. The van der Waals surface area contributed by atoms with Gasteiger partial charge in [0.25, 0.3) is 0 Å². The summed E-state index contributed by atoms with van der Waals surface area (Å²) in [5.41, 5.74) is 6.74. The fourth-order valence-corrected chi connectivity index (χ4v) is 3.12. The Morgan fingerprint density at radius 2 is 1.87 bits per heavy atom. The molecule has 0 spiro atoms. The van der Waals surface area contributed by atoms with E-state index < -0.39 is 5.54 Å². The van der Waals surface area contributed by atoms with E-state index in [1.165, 1.54) is 6.42 Å². The highest BCUT2D eigenvalue weighted by atomic mass is 16.5. The molecule has 1 amide bonds. The summed E-state index contributed by atoms with van der Waals surface area (Å²) >= 11 is 0. The van der Waals surface area contributed by atoms with E-state index in [2.05, 4.69) is 5.32 Å². The molecule has 1 aromatic rings. The third kappa shape index (κ3) is 4.61. The molecule has 0 aromatic heterocycles. The molecule has 0 aliphatic heterocycles. The number of carbonyl (C=O) groups excluding carboxylic acids is 1. The average Bonchev–Trinajstić information content (AvgIpc) is 2.58. The molecule has 0 radical (unpaired) electrons. The lowest BCUT2D eigenvalue weighted by Gasteiger charge is -2.31. The summed E-state index contributed by atoms with van der Waals surface area (Å²) < 4.78 is 10.5. The normalized spacial score (nSPS) is 16.7. The molecular weight excluding hydrogens is 292 g/mol. The third-order valence-electron chi connectivity index (χ3n) is 4.57. The Kier molecular flexibility index (Phi) is 6.28. The summed E-state index contributed by atoms with van der Waals surface area (Å²) in [6, 6.07) is 5.91. The molecule has 0 saturated heterocycles. The molecule has 0 atom stereocenters. The van der Waals surface area contributed by atoms with Crippen LogP contribution in [0.1, 0.15) is 44.1 Å². The molecule has 2 rings (SSSR count). The van der Waals surface area contributed by atoms with E-state index in [1.807, 2.05) is 18.2 Å². The van der Waals surface area contributed by atoms with Crippen LogP contribution >= 0.6 is 0 Å². The molecule has 0 heterocycles. The molecular formula is C18H28N2O3. The fourth-order valence-electron chi connectivity index (χ4n) is 3.12. The summed E-state index contributed by atoms with van der Waals surface area (Å²) in [6.45, 7) is 0.645. The smallest absolute Gasteiger partial charge is 0.240 e. The molecule has 128 valence electrons. The van der Waals surface area contributed by atoms with Crippen LogP contribution < -0.4 is 20.5 Å². The van der Waals surface area contributed by atoms with Crippen LogP contribution in [0.2, 0.25) is 0 Å². The number of ether oxygens (including phenoxy) is 2. The minimum Gasteiger partial charge on any atom is -0.493 e. The maximum atomic E-state index is 12.2. The zero-order valence-corrected chi connectivity index (χ0v) is 14.2. The van der Waals surface area contributed by atoms with Gasteiger partial charge in [0.15, 0.2) is 11.5 Å². The number of nitrogens with one attached hydrogen (secondary N) is 1. The van der Waals surface area contributed by atoms with Crippen molar-refractivity contribution in [3.8, 4) is 11.5 Å².